The predicted molar refractivity (Wildman–Crippen MR) is 188 cm³/mol. The molecule has 0 aliphatic rings. The van der Waals surface area contributed by atoms with E-state index in [1.807, 2.05) is 12.1 Å². The average molecular weight is 718 g/mol. The normalized spacial score (nSPS) is 12.6. The van der Waals surface area contributed by atoms with Gasteiger partial charge in [-0.15, -0.1) is 10.2 Å². The Balaban J connectivity index is 1.58. The number of nitrogens with zero attached hydrogens (tertiary/aromatic N) is 5. The number of imidazole rings is 1. The molecule has 15 nitrogen and oxygen atoms in total. The predicted octanol–water partition coefficient (Wildman–Crippen LogP) is 3.13. The lowest BCUT2D eigenvalue weighted by molar-refractivity contribution is 0.414. The van der Waals surface area contributed by atoms with Crippen molar-refractivity contribution in [2.75, 3.05) is 25.7 Å². The van der Waals surface area contributed by atoms with Crippen LogP contribution in [0.4, 0.5) is 5.95 Å². The number of methoxy groups -OCH3 is 2. The van der Waals surface area contributed by atoms with Crippen molar-refractivity contribution in [2.24, 2.45) is 5.73 Å². The van der Waals surface area contributed by atoms with Crippen LogP contribution in [0.5, 0.6) is 11.5 Å². The van der Waals surface area contributed by atoms with E-state index in [2.05, 4.69) is 30.1 Å². The molecule has 0 spiro atoms. The lowest BCUT2D eigenvalue weighted by atomic mass is 9.98. The molecular weight excluding hydrogens is 683 g/mol. The molecule has 6 rings (SSSR count). The van der Waals surface area contributed by atoms with E-state index in [0.29, 0.717) is 33.7 Å². The number of aromatic nitrogens is 6. The number of nitrogen functional groups attached to an aromatic ring is 1. The Bertz CT molecular complexity index is 2370. The maximum atomic E-state index is 14.5. The lowest BCUT2D eigenvalue weighted by Gasteiger charge is -2.19. The topological polar surface area (TPSA) is 223 Å². The molecule has 6 N–H and O–H groups in total. The maximum absolute atomic E-state index is 14.5. The van der Waals surface area contributed by atoms with Crippen LogP contribution in [-0.2, 0) is 33.0 Å². The summed E-state index contributed by atoms with van der Waals surface area (Å²) in [5.41, 5.74) is 15.0. The molecule has 0 bridgehead atoms. The highest BCUT2D eigenvalue weighted by atomic mass is 32.2. The number of benzene rings is 4. The Hall–Kier alpha value is -5.36. The third-order valence-electron chi connectivity index (χ3n) is 7.81. The van der Waals surface area contributed by atoms with E-state index < -0.39 is 41.4 Å². The smallest absolute Gasteiger partial charge is 0.242 e. The number of para-hydroxylation sites is 1. The minimum absolute atomic E-state index is 0.0898. The number of rotatable bonds is 13. The molecule has 0 radical (unpaired) electrons. The van der Waals surface area contributed by atoms with Crippen molar-refractivity contribution in [1.82, 2.24) is 34.9 Å². The van der Waals surface area contributed by atoms with Gasteiger partial charge in [0.2, 0.25) is 15.8 Å². The Labute approximate surface area is 288 Å². The van der Waals surface area contributed by atoms with E-state index in [9.17, 15) is 16.8 Å². The second kappa shape index (κ2) is 13.9. The number of nitrogens with two attached hydrogens (primary N) is 2. The Morgan fingerprint density at radius 3 is 2.18 bits per heavy atom. The molecule has 0 fully saturated rings. The second-order valence-electron chi connectivity index (χ2n) is 11.6. The molecule has 50 heavy (non-hydrogen) atoms. The number of tetrazole rings is 1. The van der Waals surface area contributed by atoms with Crippen molar-refractivity contribution >= 4 is 36.8 Å². The van der Waals surface area contributed by atoms with Gasteiger partial charge in [0.15, 0.2) is 15.8 Å². The molecule has 6 aromatic rings. The molecule has 0 aliphatic carbocycles. The highest BCUT2D eigenvalue weighted by Crippen LogP contribution is 2.41. The molecule has 0 saturated carbocycles. The van der Waals surface area contributed by atoms with Gasteiger partial charge in [0.05, 0.1) is 48.0 Å². The number of sulfone groups is 1. The summed E-state index contributed by atoms with van der Waals surface area (Å²) in [7, 11) is -5.81. The van der Waals surface area contributed by atoms with Crippen molar-refractivity contribution in [3.05, 3.63) is 90.0 Å². The van der Waals surface area contributed by atoms with Gasteiger partial charge in [-0.1, -0.05) is 42.5 Å². The summed E-state index contributed by atoms with van der Waals surface area (Å²) in [6, 6.07) is 21.2. The first-order chi connectivity index (χ1) is 23.9. The first kappa shape index (κ1) is 34.5. The SMILES string of the molecule is COc1ccc(CNS(=O)(=O)c2c(S(=O)(=O)C[C@@H](C)N)ccc(-c3cccc4[nH]c(N)nc34)c2-c2nnn(Cc3ccc(OC)cc3)n2)cc1. The van der Waals surface area contributed by atoms with Crippen LogP contribution in [0.1, 0.15) is 18.1 Å². The molecule has 0 unspecified atom stereocenters. The van der Waals surface area contributed by atoms with Crippen molar-refractivity contribution in [3.8, 4) is 34.0 Å². The Morgan fingerprint density at radius 1 is 0.880 bits per heavy atom. The number of nitrogens with one attached hydrogen (secondary N) is 2. The van der Waals surface area contributed by atoms with Gasteiger partial charge in [0, 0.05) is 18.2 Å². The molecule has 1 atom stereocenters. The summed E-state index contributed by atoms with van der Waals surface area (Å²) < 4.78 is 69.9. The zero-order valence-corrected chi connectivity index (χ0v) is 29.0. The van der Waals surface area contributed by atoms with E-state index in [-0.39, 0.29) is 36.0 Å². The quantitative estimate of drug-likeness (QED) is 0.135. The molecule has 2 heterocycles. The molecule has 0 aliphatic heterocycles. The van der Waals surface area contributed by atoms with Gasteiger partial charge < -0.3 is 25.9 Å². The number of H-pyrrole nitrogens is 1. The minimum atomic E-state index is -4.62. The number of anilines is 1. The standard InChI is InChI=1S/C33H35N9O6S2/c1-20(34)19-49(43,44)28-16-15-25(26-5-4-6-27-30(26)38-33(35)37-27)29(31(28)50(45,46)36-17-21-7-11-23(47-2)12-8-21)32-39-41-42(40-32)18-22-9-13-24(48-3)14-10-22/h4-16,20,36H,17-19,34H2,1-3H3,(H3,35,37,38)/t20-/m1/s1. The number of aromatic amines is 1. The van der Waals surface area contributed by atoms with Crippen LogP contribution in [0.15, 0.2) is 88.7 Å². The fraction of sp³-hybridized carbons (Fsp3) is 0.212. The van der Waals surface area contributed by atoms with E-state index >= 15 is 0 Å². The van der Waals surface area contributed by atoms with Crippen LogP contribution in [0.25, 0.3) is 33.5 Å². The summed E-state index contributed by atoms with van der Waals surface area (Å²) in [5.74, 6) is 0.753. The van der Waals surface area contributed by atoms with E-state index in [1.165, 1.54) is 31.0 Å². The number of fused-ring (bicyclic) bond motifs is 1. The highest BCUT2D eigenvalue weighted by molar-refractivity contribution is 7.93. The van der Waals surface area contributed by atoms with E-state index in [1.54, 1.807) is 61.7 Å². The van der Waals surface area contributed by atoms with Crippen LogP contribution in [0.3, 0.4) is 0 Å². The molecule has 0 amide bonds. The molecule has 2 aromatic heterocycles. The summed E-state index contributed by atoms with van der Waals surface area (Å²) in [5, 5.41) is 13.0. The van der Waals surface area contributed by atoms with Crippen molar-refractivity contribution in [3.63, 3.8) is 0 Å². The van der Waals surface area contributed by atoms with Crippen LogP contribution >= 0.6 is 0 Å². The van der Waals surface area contributed by atoms with Gasteiger partial charge in [-0.3, -0.25) is 0 Å². The average Bonchev–Trinajstić information content (AvgIpc) is 3.72. The molecule has 17 heteroatoms. The zero-order chi connectivity index (χ0) is 35.6. The number of sulfonamides is 1. The lowest BCUT2D eigenvalue weighted by Crippen LogP contribution is -2.30. The van der Waals surface area contributed by atoms with Gasteiger partial charge >= 0.3 is 0 Å². The number of hydrogen-bond acceptors (Lipinski definition) is 12. The van der Waals surface area contributed by atoms with Gasteiger partial charge in [-0.2, -0.15) is 4.80 Å². The molecule has 260 valence electrons. The van der Waals surface area contributed by atoms with Crippen molar-refractivity contribution in [2.45, 2.75) is 35.8 Å². The van der Waals surface area contributed by atoms with Gasteiger partial charge in [-0.05, 0) is 65.2 Å². The first-order valence-electron chi connectivity index (χ1n) is 15.3. The molecular formula is C33H35N9O6S2. The maximum Gasteiger partial charge on any atom is 0.242 e. The molecule has 4 aromatic carbocycles. The fourth-order valence-corrected chi connectivity index (χ4v) is 9.07. The minimum Gasteiger partial charge on any atom is -0.497 e. The van der Waals surface area contributed by atoms with E-state index in [4.69, 9.17) is 20.9 Å². The Morgan fingerprint density at radius 2 is 1.54 bits per heavy atom. The Kier molecular flexibility index (Phi) is 9.57. The third kappa shape index (κ3) is 7.16. The van der Waals surface area contributed by atoms with Crippen LogP contribution < -0.4 is 25.7 Å². The highest BCUT2D eigenvalue weighted by Gasteiger charge is 2.35. The first-order valence-corrected chi connectivity index (χ1v) is 18.5. The summed E-state index contributed by atoms with van der Waals surface area (Å²) in [6.07, 6.45) is 0. The van der Waals surface area contributed by atoms with Crippen LogP contribution in [-0.4, -0.2) is 73.0 Å². The van der Waals surface area contributed by atoms with E-state index in [0.717, 1.165) is 5.56 Å². The van der Waals surface area contributed by atoms with Gasteiger partial charge in [0.25, 0.3) is 0 Å². The third-order valence-corrected chi connectivity index (χ3v) is 11.4. The largest absolute Gasteiger partial charge is 0.497 e. The summed E-state index contributed by atoms with van der Waals surface area (Å²) in [4.78, 5) is 7.69. The van der Waals surface area contributed by atoms with Crippen LogP contribution in [0, 0.1) is 0 Å². The summed E-state index contributed by atoms with van der Waals surface area (Å²) in [6.45, 7) is 1.54. The van der Waals surface area contributed by atoms with Crippen molar-refractivity contribution in [1.29, 1.82) is 0 Å². The van der Waals surface area contributed by atoms with Gasteiger partial charge in [-0.25, -0.2) is 26.5 Å². The van der Waals surface area contributed by atoms with Crippen molar-refractivity contribution < 1.29 is 26.3 Å². The van der Waals surface area contributed by atoms with Crippen LogP contribution in [0.2, 0.25) is 0 Å². The van der Waals surface area contributed by atoms with Gasteiger partial charge in [0.1, 0.15) is 16.4 Å². The molecule has 0 saturated heterocycles. The zero-order valence-electron chi connectivity index (χ0n) is 27.4. The monoisotopic (exact) mass is 717 g/mol. The summed E-state index contributed by atoms with van der Waals surface area (Å²) >= 11 is 0. The number of hydrogen-bond donors (Lipinski definition) is 4. The fourth-order valence-electron chi connectivity index (χ4n) is 5.52. The number of ether oxygens (including phenoxy) is 2. The second-order valence-corrected chi connectivity index (χ2v) is 15.3.